The Morgan fingerprint density at radius 1 is 1.00 bits per heavy atom. The lowest BCUT2D eigenvalue weighted by atomic mass is 9.85. The Balaban J connectivity index is 1.51. The van der Waals surface area contributed by atoms with Crippen LogP contribution in [0.3, 0.4) is 0 Å². The van der Waals surface area contributed by atoms with Gasteiger partial charge in [0.2, 0.25) is 5.91 Å². The normalized spacial score (nSPS) is 16.2. The van der Waals surface area contributed by atoms with Crippen LogP contribution in [0.15, 0.2) is 42.5 Å². The van der Waals surface area contributed by atoms with E-state index in [1.807, 2.05) is 43.3 Å². The summed E-state index contributed by atoms with van der Waals surface area (Å²) < 4.78 is 5.53. The van der Waals surface area contributed by atoms with Crippen molar-refractivity contribution in [2.75, 3.05) is 55.0 Å². The third-order valence-corrected chi connectivity index (χ3v) is 6.57. The highest BCUT2D eigenvalue weighted by atomic mass is 16.5. The molecule has 176 valence electrons. The molecule has 7 nitrogen and oxygen atoms in total. The molecule has 0 radical (unpaired) electrons. The van der Waals surface area contributed by atoms with Gasteiger partial charge in [0.1, 0.15) is 5.75 Å². The Morgan fingerprint density at radius 2 is 1.70 bits per heavy atom. The summed E-state index contributed by atoms with van der Waals surface area (Å²) in [5.74, 6) is 0.931. The van der Waals surface area contributed by atoms with E-state index in [0.717, 1.165) is 69.0 Å². The Hall–Kier alpha value is -3.22. The molecule has 1 aliphatic carbocycles. The maximum Gasteiger partial charge on any atom is 0.253 e. The molecule has 7 heteroatoms. The Morgan fingerprint density at radius 3 is 2.33 bits per heavy atom. The topological polar surface area (TPSA) is 73.9 Å². The zero-order valence-electron chi connectivity index (χ0n) is 19.6. The number of amides is 2. The summed E-state index contributed by atoms with van der Waals surface area (Å²) in [6.45, 7) is 5.90. The lowest BCUT2D eigenvalue weighted by Crippen LogP contribution is -2.47. The smallest absolute Gasteiger partial charge is 0.253 e. The van der Waals surface area contributed by atoms with E-state index in [-0.39, 0.29) is 17.7 Å². The van der Waals surface area contributed by atoms with Gasteiger partial charge in [0.05, 0.1) is 18.4 Å². The Kier molecular flexibility index (Phi) is 7.37. The SMILES string of the molecule is CCCNC(=O)c1cc(NC(=O)C2CCC2)ccc1N1CCN(c2ccccc2OC)CC1. The molecule has 0 unspecified atom stereocenters. The number of carbonyl (C=O) groups is 2. The van der Waals surface area contributed by atoms with Crippen LogP contribution in [-0.4, -0.2) is 51.6 Å². The molecule has 33 heavy (non-hydrogen) atoms. The zero-order chi connectivity index (χ0) is 23.2. The molecule has 0 spiro atoms. The summed E-state index contributed by atoms with van der Waals surface area (Å²) in [6, 6.07) is 13.8. The van der Waals surface area contributed by atoms with Crippen LogP contribution in [0.2, 0.25) is 0 Å². The fourth-order valence-corrected chi connectivity index (χ4v) is 4.40. The zero-order valence-corrected chi connectivity index (χ0v) is 19.6. The summed E-state index contributed by atoms with van der Waals surface area (Å²) in [6.07, 6.45) is 3.88. The molecule has 2 aromatic rings. The molecule has 0 atom stereocenters. The first-order valence-electron chi connectivity index (χ1n) is 12.0. The molecule has 2 fully saturated rings. The molecule has 1 aliphatic heterocycles. The van der Waals surface area contributed by atoms with Gasteiger partial charge >= 0.3 is 0 Å². The van der Waals surface area contributed by atoms with Crippen molar-refractivity contribution >= 4 is 28.9 Å². The van der Waals surface area contributed by atoms with Crippen LogP contribution in [0.25, 0.3) is 0 Å². The van der Waals surface area contributed by atoms with E-state index in [1.54, 1.807) is 7.11 Å². The van der Waals surface area contributed by atoms with E-state index in [2.05, 4.69) is 26.5 Å². The molecular weight excluding hydrogens is 416 g/mol. The number of para-hydroxylation sites is 2. The minimum absolute atomic E-state index is 0.0549. The third-order valence-electron chi connectivity index (χ3n) is 6.57. The molecule has 0 aromatic heterocycles. The van der Waals surface area contributed by atoms with Crippen molar-refractivity contribution in [3.05, 3.63) is 48.0 Å². The molecule has 1 heterocycles. The average Bonchev–Trinajstić information content (AvgIpc) is 2.81. The van der Waals surface area contributed by atoms with Crippen molar-refractivity contribution in [3.8, 4) is 5.75 Å². The fraction of sp³-hybridized carbons (Fsp3) is 0.462. The molecule has 4 rings (SSSR count). The van der Waals surface area contributed by atoms with Crippen LogP contribution in [0.4, 0.5) is 17.1 Å². The first-order chi connectivity index (χ1) is 16.1. The fourth-order valence-electron chi connectivity index (χ4n) is 4.40. The van der Waals surface area contributed by atoms with Crippen molar-refractivity contribution in [2.45, 2.75) is 32.6 Å². The van der Waals surface area contributed by atoms with Gasteiger partial charge < -0.3 is 25.2 Å². The molecule has 2 N–H and O–H groups in total. The van der Waals surface area contributed by atoms with Crippen LogP contribution in [0, 0.1) is 5.92 Å². The molecule has 1 saturated carbocycles. The molecule has 1 saturated heterocycles. The highest BCUT2D eigenvalue weighted by Crippen LogP contribution is 2.32. The monoisotopic (exact) mass is 450 g/mol. The lowest BCUT2D eigenvalue weighted by molar-refractivity contribution is -0.122. The molecule has 2 amide bonds. The van der Waals surface area contributed by atoms with Gasteiger partial charge in [-0.1, -0.05) is 25.5 Å². The van der Waals surface area contributed by atoms with E-state index in [1.165, 1.54) is 0 Å². The number of piperazine rings is 1. The van der Waals surface area contributed by atoms with Gasteiger partial charge in [-0.3, -0.25) is 9.59 Å². The second-order valence-corrected chi connectivity index (χ2v) is 8.75. The van der Waals surface area contributed by atoms with Gasteiger partial charge in [0, 0.05) is 50.0 Å². The van der Waals surface area contributed by atoms with Crippen molar-refractivity contribution in [1.82, 2.24) is 5.32 Å². The van der Waals surface area contributed by atoms with E-state index < -0.39 is 0 Å². The molecule has 0 bridgehead atoms. The number of nitrogens with one attached hydrogen (secondary N) is 2. The standard InChI is InChI=1S/C26H34N4O3/c1-3-13-27-26(32)21-18-20(28-25(31)19-7-6-8-19)11-12-22(21)29-14-16-30(17-15-29)23-9-4-5-10-24(23)33-2/h4-5,9-12,18-19H,3,6-8,13-17H2,1-2H3,(H,27,32)(H,28,31). The second kappa shape index (κ2) is 10.6. The van der Waals surface area contributed by atoms with Crippen LogP contribution < -0.4 is 25.2 Å². The number of methoxy groups -OCH3 is 1. The first kappa shape index (κ1) is 23.0. The summed E-state index contributed by atoms with van der Waals surface area (Å²) in [5.41, 5.74) is 3.30. The van der Waals surface area contributed by atoms with Gasteiger partial charge in [-0.05, 0) is 49.6 Å². The van der Waals surface area contributed by atoms with Crippen LogP contribution in [-0.2, 0) is 4.79 Å². The quantitative estimate of drug-likeness (QED) is 0.638. The maximum absolute atomic E-state index is 13.0. The first-order valence-corrected chi connectivity index (χ1v) is 12.0. The van der Waals surface area contributed by atoms with Gasteiger partial charge in [-0.2, -0.15) is 0 Å². The number of carbonyl (C=O) groups excluding carboxylic acids is 2. The summed E-state index contributed by atoms with van der Waals surface area (Å²) in [4.78, 5) is 30.0. The number of nitrogens with zero attached hydrogens (tertiary/aromatic N) is 2. The van der Waals surface area contributed by atoms with Crippen molar-refractivity contribution in [1.29, 1.82) is 0 Å². The highest BCUT2D eigenvalue weighted by molar-refractivity contribution is 6.02. The predicted molar refractivity (Wildman–Crippen MR) is 132 cm³/mol. The van der Waals surface area contributed by atoms with Crippen molar-refractivity contribution in [2.24, 2.45) is 5.92 Å². The minimum Gasteiger partial charge on any atom is -0.495 e. The van der Waals surface area contributed by atoms with Crippen molar-refractivity contribution in [3.63, 3.8) is 0 Å². The molecular formula is C26H34N4O3. The van der Waals surface area contributed by atoms with Gasteiger partial charge in [-0.15, -0.1) is 0 Å². The van der Waals surface area contributed by atoms with Crippen LogP contribution in [0.5, 0.6) is 5.75 Å². The number of ether oxygens (including phenoxy) is 1. The van der Waals surface area contributed by atoms with Crippen LogP contribution in [0.1, 0.15) is 43.0 Å². The van der Waals surface area contributed by atoms with Gasteiger partial charge in [0.25, 0.3) is 5.91 Å². The third kappa shape index (κ3) is 5.24. The minimum atomic E-state index is -0.0984. The molecule has 2 aliphatic rings. The maximum atomic E-state index is 13.0. The number of hydrogen-bond donors (Lipinski definition) is 2. The van der Waals surface area contributed by atoms with Crippen molar-refractivity contribution < 1.29 is 14.3 Å². The summed E-state index contributed by atoms with van der Waals surface area (Å²) in [7, 11) is 1.70. The summed E-state index contributed by atoms with van der Waals surface area (Å²) >= 11 is 0. The number of hydrogen-bond acceptors (Lipinski definition) is 5. The van der Waals surface area contributed by atoms with E-state index in [4.69, 9.17) is 4.74 Å². The molecule has 2 aromatic carbocycles. The second-order valence-electron chi connectivity index (χ2n) is 8.75. The lowest BCUT2D eigenvalue weighted by Gasteiger charge is -2.38. The van der Waals surface area contributed by atoms with E-state index >= 15 is 0 Å². The van der Waals surface area contributed by atoms with Crippen LogP contribution >= 0.6 is 0 Å². The number of anilines is 3. The Labute approximate surface area is 196 Å². The number of rotatable bonds is 8. The highest BCUT2D eigenvalue weighted by Gasteiger charge is 2.27. The van der Waals surface area contributed by atoms with Gasteiger partial charge in [-0.25, -0.2) is 0 Å². The largest absolute Gasteiger partial charge is 0.495 e. The number of benzene rings is 2. The van der Waals surface area contributed by atoms with Gasteiger partial charge in [0.15, 0.2) is 0 Å². The predicted octanol–water partition coefficient (Wildman–Crippen LogP) is 3.90. The van der Waals surface area contributed by atoms with E-state index in [0.29, 0.717) is 17.8 Å². The summed E-state index contributed by atoms with van der Waals surface area (Å²) in [5, 5.41) is 6.01. The van der Waals surface area contributed by atoms with E-state index in [9.17, 15) is 9.59 Å². The Bertz CT molecular complexity index is 981. The average molecular weight is 451 g/mol.